The summed E-state index contributed by atoms with van der Waals surface area (Å²) in [5.41, 5.74) is 3.24. The summed E-state index contributed by atoms with van der Waals surface area (Å²) in [6.07, 6.45) is -0.166. The van der Waals surface area contributed by atoms with Gasteiger partial charge in [0.15, 0.2) is 5.78 Å². The van der Waals surface area contributed by atoms with Crippen LogP contribution >= 0.6 is 11.6 Å². The highest BCUT2D eigenvalue weighted by molar-refractivity contribution is 6.65. The maximum Gasteiger partial charge on any atom is 0.229 e. The molecule has 0 bridgehead atoms. The molecule has 1 unspecified atom stereocenters. The molecule has 0 saturated carbocycles. The number of ketones is 1. The van der Waals surface area contributed by atoms with Crippen LogP contribution in [0, 0.1) is 6.92 Å². The van der Waals surface area contributed by atoms with Gasteiger partial charge in [-0.15, -0.1) is 0 Å². The number of halogens is 1. The van der Waals surface area contributed by atoms with Crippen LogP contribution in [0.1, 0.15) is 29.0 Å². The Morgan fingerprint density at radius 1 is 1.43 bits per heavy atom. The minimum absolute atomic E-state index is 0.0886. The first kappa shape index (κ1) is 9.41. The highest BCUT2D eigenvalue weighted by Crippen LogP contribution is 2.46. The van der Waals surface area contributed by atoms with Gasteiger partial charge in [-0.05, 0) is 35.2 Å². The predicted molar refractivity (Wildman–Crippen MR) is 53.5 cm³/mol. The van der Waals surface area contributed by atoms with E-state index in [1.807, 2.05) is 25.1 Å². The molecule has 0 amide bonds. The van der Waals surface area contributed by atoms with E-state index in [0.717, 1.165) is 16.7 Å². The lowest BCUT2D eigenvalue weighted by Crippen LogP contribution is -2.04. The normalized spacial score (nSPS) is 17.4. The van der Waals surface area contributed by atoms with Crippen LogP contribution in [0.2, 0.25) is 0 Å². The highest BCUT2D eigenvalue weighted by atomic mass is 35.5. The lowest BCUT2D eigenvalue weighted by atomic mass is 10.1. The minimum atomic E-state index is -0.578. The van der Waals surface area contributed by atoms with Crippen LogP contribution < -0.4 is 0 Å². The molecule has 1 aliphatic rings. The van der Waals surface area contributed by atoms with E-state index in [-0.39, 0.29) is 18.1 Å². The van der Waals surface area contributed by atoms with Gasteiger partial charge in [0.25, 0.3) is 0 Å². The molecule has 0 aliphatic heterocycles. The number of Topliss-reactive ketones (excluding diaryl/α,β-unsaturated/α-hetero) is 1. The molecule has 0 aromatic heterocycles. The molecule has 2 nitrogen and oxygen atoms in total. The predicted octanol–water partition coefficient (Wildman–Crippen LogP) is 2.16. The van der Waals surface area contributed by atoms with Gasteiger partial charge in [0.2, 0.25) is 5.24 Å². The first-order valence-electron chi connectivity index (χ1n) is 4.41. The molecule has 0 spiro atoms. The van der Waals surface area contributed by atoms with Crippen LogP contribution in [0.4, 0.5) is 0 Å². The van der Waals surface area contributed by atoms with E-state index in [4.69, 9.17) is 11.6 Å². The SMILES string of the molecule is Cc1cccc2c1C2C(=O)CC(=O)Cl. The summed E-state index contributed by atoms with van der Waals surface area (Å²) in [5.74, 6) is -0.248. The van der Waals surface area contributed by atoms with Crippen molar-refractivity contribution < 1.29 is 9.59 Å². The molecule has 1 aliphatic carbocycles. The van der Waals surface area contributed by atoms with Gasteiger partial charge >= 0.3 is 0 Å². The Morgan fingerprint density at radius 2 is 2.14 bits per heavy atom. The van der Waals surface area contributed by atoms with E-state index in [9.17, 15) is 9.59 Å². The van der Waals surface area contributed by atoms with Crippen LogP contribution in [0.3, 0.4) is 0 Å². The standard InChI is InChI=1S/C11H9ClO2/c1-6-3-2-4-7-10(6)11(7)8(13)5-9(12)14/h2-4,11H,5H2,1H3. The summed E-state index contributed by atoms with van der Waals surface area (Å²) in [7, 11) is 0. The number of rotatable bonds is 3. The monoisotopic (exact) mass is 208 g/mol. The Balaban J connectivity index is 2.17. The van der Waals surface area contributed by atoms with Gasteiger partial charge in [-0.1, -0.05) is 18.2 Å². The van der Waals surface area contributed by atoms with Crippen molar-refractivity contribution in [1.82, 2.24) is 0 Å². The van der Waals surface area contributed by atoms with Crippen molar-refractivity contribution in [3.05, 3.63) is 34.9 Å². The fourth-order valence-electron chi connectivity index (χ4n) is 1.84. The third-order valence-electron chi connectivity index (χ3n) is 2.51. The molecule has 72 valence electrons. The van der Waals surface area contributed by atoms with Gasteiger partial charge in [-0.25, -0.2) is 0 Å². The number of hydrogen-bond donors (Lipinski definition) is 0. The molecule has 1 aromatic rings. The molecule has 0 radical (unpaired) electrons. The summed E-state index contributed by atoms with van der Waals surface area (Å²) in [5, 5.41) is -0.578. The molecule has 3 heteroatoms. The molecule has 1 aromatic carbocycles. The van der Waals surface area contributed by atoms with Gasteiger partial charge < -0.3 is 0 Å². The van der Waals surface area contributed by atoms with Crippen molar-refractivity contribution in [2.24, 2.45) is 0 Å². The average Bonchev–Trinajstić information content (AvgIpc) is 2.78. The fourth-order valence-corrected chi connectivity index (χ4v) is 1.97. The lowest BCUT2D eigenvalue weighted by Gasteiger charge is -1.92. The number of aryl methyl sites for hydroxylation is 1. The van der Waals surface area contributed by atoms with E-state index in [1.165, 1.54) is 0 Å². The smallest absolute Gasteiger partial charge is 0.229 e. The van der Waals surface area contributed by atoms with Crippen molar-refractivity contribution in [2.75, 3.05) is 0 Å². The third-order valence-corrected chi connectivity index (χ3v) is 2.64. The summed E-state index contributed by atoms with van der Waals surface area (Å²) in [4.78, 5) is 22.1. The second kappa shape index (κ2) is 3.21. The number of carbonyl (C=O) groups is 2. The van der Waals surface area contributed by atoms with Gasteiger partial charge in [-0.3, -0.25) is 9.59 Å². The number of fused-ring (bicyclic) bond motifs is 1. The fraction of sp³-hybridized carbons (Fsp3) is 0.273. The van der Waals surface area contributed by atoms with Gasteiger partial charge in [0.1, 0.15) is 0 Å². The zero-order valence-corrected chi connectivity index (χ0v) is 8.47. The van der Waals surface area contributed by atoms with Crippen molar-refractivity contribution in [1.29, 1.82) is 0 Å². The van der Waals surface area contributed by atoms with Gasteiger partial charge in [0.05, 0.1) is 12.3 Å². The molecule has 0 N–H and O–H groups in total. The van der Waals surface area contributed by atoms with Crippen LogP contribution in [0.5, 0.6) is 0 Å². The number of carbonyl (C=O) groups excluding carboxylic acids is 2. The van der Waals surface area contributed by atoms with Crippen LogP contribution in [-0.4, -0.2) is 11.0 Å². The van der Waals surface area contributed by atoms with Crippen LogP contribution in [0.15, 0.2) is 18.2 Å². The Hall–Kier alpha value is -1.15. The molecule has 0 heterocycles. The molecular formula is C11H9ClO2. The first-order valence-corrected chi connectivity index (χ1v) is 4.79. The Morgan fingerprint density at radius 3 is 2.71 bits per heavy atom. The molecular weight excluding hydrogens is 200 g/mol. The van der Waals surface area contributed by atoms with E-state index in [2.05, 4.69) is 0 Å². The zero-order valence-electron chi connectivity index (χ0n) is 7.71. The van der Waals surface area contributed by atoms with Crippen molar-refractivity contribution in [2.45, 2.75) is 19.3 Å². The molecule has 1 atom stereocenters. The average molecular weight is 209 g/mol. The first-order chi connectivity index (χ1) is 6.61. The quantitative estimate of drug-likeness (QED) is 0.564. The number of hydrogen-bond acceptors (Lipinski definition) is 2. The molecule has 2 rings (SSSR count). The summed E-state index contributed by atoms with van der Waals surface area (Å²) >= 11 is 5.17. The summed E-state index contributed by atoms with van der Waals surface area (Å²) in [6.45, 7) is 1.97. The summed E-state index contributed by atoms with van der Waals surface area (Å²) < 4.78 is 0. The molecule has 0 saturated heterocycles. The van der Waals surface area contributed by atoms with Crippen molar-refractivity contribution >= 4 is 22.6 Å². The Bertz CT molecular complexity index is 423. The minimum Gasteiger partial charge on any atom is -0.298 e. The lowest BCUT2D eigenvalue weighted by molar-refractivity contribution is -0.123. The van der Waals surface area contributed by atoms with E-state index in [0.29, 0.717) is 0 Å². The molecule has 0 fully saturated rings. The van der Waals surface area contributed by atoms with Crippen molar-refractivity contribution in [3.8, 4) is 0 Å². The largest absolute Gasteiger partial charge is 0.298 e. The number of benzene rings is 1. The molecule has 14 heavy (non-hydrogen) atoms. The van der Waals surface area contributed by atoms with Gasteiger partial charge in [0, 0.05) is 0 Å². The zero-order chi connectivity index (χ0) is 10.3. The van der Waals surface area contributed by atoms with Gasteiger partial charge in [-0.2, -0.15) is 0 Å². The second-order valence-corrected chi connectivity index (χ2v) is 3.93. The van der Waals surface area contributed by atoms with Crippen molar-refractivity contribution in [3.63, 3.8) is 0 Å². The Kier molecular flexibility index (Phi) is 2.16. The highest BCUT2D eigenvalue weighted by Gasteiger charge is 2.39. The second-order valence-electron chi connectivity index (χ2n) is 3.51. The maximum atomic E-state index is 11.5. The summed E-state index contributed by atoms with van der Waals surface area (Å²) in [6, 6.07) is 5.81. The Labute approximate surface area is 86.9 Å². The topological polar surface area (TPSA) is 34.1 Å². The van der Waals surface area contributed by atoms with Crippen LogP contribution in [-0.2, 0) is 9.59 Å². The third kappa shape index (κ3) is 1.46. The maximum absolute atomic E-state index is 11.5. The van der Waals surface area contributed by atoms with E-state index >= 15 is 0 Å². The van der Waals surface area contributed by atoms with E-state index < -0.39 is 5.24 Å². The van der Waals surface area contributed by atoms with E-state index in [1.54, 1.807) is 0 Å². The van der Waals surface area contributed by atoms with Crippen LogP contribution in [0.25, 0.3) is 0 Å².